The SMILES string of the molecule is COc1ccccc1[C@H](C)NC1CCCNC(=O)C1. The molecule has 2 rings (SSSR count). The molecule has 0 bridgehead atoms. The highest BCUT2D eigenvalue weighted by Crippen LogP contribution is 2.25. The van der Waals surface area contributed by atoms with Gasteiger partial charge in [0.15, 0.2) is 0 Å². The summed E-state index contributed by atoms with van der Waals surface area (Å²) in [7, 11) is 1.69. The molecule has 1 heterocycles. The van der Waals surface area contributed by atoms with Crippen molar-refractivity contribution in [2.45, 2.75) is 38.3 Å². The number of para-hydroxylation sites is 1. The van der Waals surface area contributed by atoms with E-state index < -0.39 is 0 Å². The van der Waals surface area contributed by atoms with E-state index in [1.54, 1.807) is 7.11 Å². The lowest BCUT2D eigenvalue weighted by Gasteiger charge is -2.23. The molecule has 4 heteroatoms. The summed E-state index contributed by atoms with van der Waals surface area (Å²) in [6.07, 6.45) is 2.61. The van der Waals surface area contributed by atoms with Crippen molar-refractivity contribution in [1.82, 2.24) is 10.6 Å². The zero-order valence-electron chi connectivity index (χ0n) is 11.6. The minimum atomic E-state index is 0.141. The van der Waals surface area contributed by atoms with Crippen molar-refractivity contribution in [3.63, 3.8) is 0 Å². The van der Waals surface area contributed by atoms with Gasteiger partial charge in [-0.25, -0.2) is 0 Å². The number of amides is 1. The van der Waals surface area contributed by atoms with Gasteiger partial charge in [0.1, 0.15) is 5.75 Å². The third-order valence-electron chi connectivity index (χ3n) is 3.57. The Balaban J connectivity index is 2.03. The standard InChI is InChI=1S/C15H22N2O2/c1-11(13-7-3-4-8-14(13)19-2)17-12-6-5-9-16-15(18)10-12/h3-4,7-8,11-12,17H,5-6,9-10H2,1-2H3,(H,16,18)/t11-,12?/m0/s1. The Morgan fingerprint density at radius 1 is 1.42 bits per heavy atom. The molecule has 1 aliphatic heterocycles. The molecule has 1 fully saturated rings. The molecule has 2 N–H and O–H groups in total. The van der Waals surface area contributed by atoms with Crippen molar-refractivity contribution in [2.24, 2.45) is 0 Å². The summed E-state index contributed by atoms with van der Waals surface area (Å²) in [6.45, 7) is 2.90. The van der Waals surface area contributed by atoms with Crippen LogP contribution in [0.25, 0.3) is 0 Å². The van der Waals surface area contributed by atoms with Crippen LogP contribution < -0.4 is 15.4 Å². The lowest BCUT2D eigenvalue weighted by Crippen LogP contribution is -2.34. The lowest BCUT2D eigenvalue weighted by molar-refractivity contribution is -0.121. The number of carbonyl (C=O) groups excluding carboxylic acids is 1. The van der Waals surface area contributed by atoms with Crippen molar-refractivity contribution in [1.29, 1.82) is 0 Å². The van der Waals surface area contributed by atoms with Crippen LogP contribution in [-0.4, -0.2) is 25.6 Å². The topological polar surface area (TPSA) is 50.4 Å². The molecule has 1 unspecified atom stereocenters. The molecule has 4 nitrogen and oxygen atoms in total. The Hall–Kier alpha value is -1.55. The van der Waals surface area contributed by atoms with Gasteiger partial charge >= 0.3 is 0 Å². The fraction of sp³-hybridized carbons (Fsp3) is 0.533. The number of rotatable bonds is 4. The van der Waals surface area contributed by atoms with E-state index in [1.807, 2.05) is 18.2 Å². The van der Waals surface area contributed by atoms with E-state index in [9.17, 15) is 4.79 Å². The monoisotopic (exact) mass is 262 g/mol. The lowest BCUT2D eigenvalue weighted by atomic mass is 10.0. The van der Waals surface area contributed by atoms with Crippen LogP contribution in [-0.2, 0) is 4.79 Å². The molecule has 0 aliphatic carbocycles. The van der Waals surface area contributed by atoms with Crippen molar-refractivity contribution >= 4 is 5.91 Å². The first kappa shape index (κ1) is 13.9. The summed E-state index contributed by atoms with van der Waals surface area (Å²) in [5.41, 5.74) is 1.13. The van der Waals surface area contributed by atoms with Crippen molar-refractivity contribution in [3.05, 3.63) is 29.8 Å². The zero-order chi connectivity index (χ0) is 13.7. The molecule has 0 radical (unpaired) electrons. The van der Waals surface area contributed by atoms with E-state index >= 15 is 0 Å². The third kappa shape index (κ3) is 3.70. The van der Waals surface area contributed by atoms with Gasteiger partial charge in [-0.15, -0.1) is 0 Å². The van der Waals surface area contributed by atoms with Gasteiger partial charge in [-0.1, -0.05) is 18.2 Å². The molecule has 1 aromatic rings. The molecule has 0 spiro atoms. The summed E-state index contributed by atoms with van der Waals surface area (Å²) in [5, 5.41) is 6.45. The number of ether oxygens (including phenoxy) is 1. The smallest absolute Gasteiger partial charge is 0.221 e. The quantitative estimate of drug-likeness (QED) is 0.872. The third-order valence-corrected chi connectivity index (χ3v) is 3.57. The number of nitrogens with one attached hydrogen (secondary N) is 2. The average molecular weight is 262 g/mol. The second-order valence-electron chi connectivity index (χ2n) is 5.02. The molecule has 19 heavy (non-hydrogen) atoms. The highest BCUT2D eigenvalue weighted by atomic mass is 16.5. The van der Waals surface area contributed by atoms with Gasteiger partial charge in [-0.2, -0.15) is 0 Å². The van der Waals surface area contributed by atoms with E-state index in [1.165, 1.54) is 0 Å². The molecular formula is C15H22N2O2. The Morgan fingerprint density at radius 2 is 2.21 bits per heavy atom. The maximum Gasteiger partial charge on any atom is 0.221 e. The second kappa shape index (κ2) is 6.57. The van der Waals surface area contributed by atoms with E-state index in [2.05, 4.69) is 23.6 Å². The van der Waals surface area contributed by atoms with Crippen LogP contribution in [0.4, 0.5) is 0 Å². The van der Waals surface area contributed by atoms with Gasteiger partial charge in [0.05, 0.1) is 7.11 Å². The maximum absolute atomic E-state index is 11.6. The van der Waals surface area contributed by atoms with E-state index in [0.29, 0.717) is 6.42 Å². The summed E-state index contributed by atoms with van der Waals surface area (Å²) in [6, 6.07) is 8.42. The Kier molecular flexibility index (Phi) is 4.80. The normalized spacial score (nSPS) is 21.4. The van der Waals surface area contributed by atoms with Crippen LogP contribution in [0.15, 0.2) is 24.3 Å². The number of hydrogen-bond acceptors (Lipinski definition) is 3. The van der Waals surface area contributed by atoms with Gasteiger partial charge in [-0.05, 0) is 25.8 Å². The number of carbonyl (C=O) groups is 1. The summed E-state index contributed by atoms with van der Waals surface area (Å²) in [4.78, 5) is 11.6. The first-order valence-corrected chi connectivity index (χ1v) is 6.86. The van der Waals surface area contributed by atoms with Crippen LogP contribution in [0.1, 0.15) is 37.8 Å². The fourth-order valence-corrected chi connectivity index (χ4v) is 2.58. The molecule has 104 valence electrons. The molecule has 2 atom stereocenters. The van der Waals surface area contributed by atoms with Gasteiger partial charge in [0, 0.05) is 30.6 Å². The minimum Gasteiger partial charge on any atom is -0.496 e. The van der Waals surface area contributed by atoms with Gasteiger partial charge < -0.3 is 15.4 Å². The molecule has 1 amide bonds. The van der Waals surface area contributed by atoms with E-state index in [-0.39, 0.29) is 18.0 Å². The van der Waals surface area contributed by atoms with Crippen LogP contribution in [0.2, 0.25) is 0 Å². The Bertz CT molecular complexity index is 434. The van der Waals surface area contributed by atoms with E-state index in [4.69, 9.17) is 4.74 Å². The van der Waals surface area contributed by atoms with Crippen LogP contribution in [0.5, 0.6) is 5.75 Å². The Labute approximate surface area is 114 Å². The van der Waals surface area contributed by atoms with Crippen molar-refractivity contribution < 1.29 is 9.53 Å². The molecule has 1 aromatic carbocycles. The highest BCUT2D eigenvalue weighted by molar-refractivity contribution is 5.76. The first-order chi connectivity index (χ1) is 9.20. The van der Waals surface area contributed by atoms with Gasteiger partial charge in [0.2, 0.25) is 5.91 Å². The predicted octanol–water partition coefficient (Wildman–Crippen LogP) is 2.01. The number of benzene rings is 1. The zero-order valence-corrected chi connectivity index (χ0v) is 11.6. The largest absolute Gasteiger partial charge is 0.496 e. The fourth-order valence-electron chi connectivity index (χ4n) is 2.58. The maximum atomic E-state index is 11.6. The van der Waals surface area contributed by atoms with Crippen LogP contribution in [0, 0.1) is 0 Å². The van der Waals surface area contributed by atoms with Crippen molar-refractivity contribution in [3.8, 4) is 5.75 Å². The van der Waals surface area contributed by atoms with Gasteiger partial charge in [-0.3, -0.25) is 4.79 Å². The molecule has 0 saturated carbocycles. The van der Waals surface area contributed by atoms with Crippen molar-refractivity contribution in [2.75, 3.05) is 13.7 Å². The number of methoxy groups -OCH3 is 1. The average Bonchev–Trinajstić information content (AvgIpc) is 2.63. The second-order valence-corrected chi connectivity index (χ2v) is 5.02. The summed E-state index contributed by atoms with van der Waals surface area (Å²) < 4.78 is 5.38. The van der Waals surface area contributed by atoms with Gasteiger partial charge in [0.25, 0.3) is 0 Å². The minimum absolute atomic E-state index is 0.141. The van der Waals surface area contributed by atoms with Crippen LogP contribution in [0.3, 0.4) is 0 Å². The summed E-state index contributed by atoms with van der Waals surface area (Å²) in [5.74, 6) is 1.03. The summed E-state index contributed by atoms with van der Waals surface area (Å²) >= 11 is 0. The highest BCUT2D eigenvalue weighted by Gasteiger charge is 2.20. The molecular weight excluding hydrogens is 240 g/mol. The molecule has 0 aromatic heterocycles. The number of hydrogen-bond donors (Lipinski definition) is 2. The van der Waals surface area contributed by atoms with Crippen LogP contribution >= 0.6 is 0 Å². The molecule has 1 aliphatic rings. The first-order valence-electron chi connectivity index (χ1n) is 6.86. The molecule has 1 saturated heterocycles. The predicted molar refractivity (Wildman–Crippen MR) is 75.2 cm³/mol. The van der Waals surface area contributed by atoms with E-state index in [0.717, 1.165) is 30.7 Å². The Morgan fingerprint density at radius 3 is 3.00 bits per heavy atom.